The van der Waals surface area contributed by atoms with Crippen LogP contribution < -0.4 is 11.9 Å². The summed E-state index contributed by atoms with van der Waals surface area (Å²) in [7, 11) is 0. The summed E-state index contributed by atoms with van der Waals surface area (Å²) in [5, 5.41) is 27.0. The van der Waals surface area contributed by atoms with E-state index in [9.17, 15) is 9.90 Å². The average molecular weight is 228 g/mol. The van der Waals surface area contributed by atoms with E-state index in [4.69, 9.17) is 15.9 Å². The zero-order valence-corrected chi connectivity index (χ0v) is 8.97. The highest BCUT2D eigenvalue weighted by atomic mass is 16.4. The van der Waals surface area contributed by atoms with Gasteiger partial charge in [-0.3, -0.25) is 4.79 Å². The fourth-order valence-electron chi connectivity index (χ4n) is 1.18. The van der Waals surface area contributed by atoms with Gasteiger partial charge in [-0.2, -0.15) is 0 Å². The van der Waals surface area contributed by atoms with Crippen LogP contribution in [0.5, 0.6) is 11.5 Å². The highest BCUT2D eigenvalue weighted by molar-refractivity contribution is 5.78. The Bertz CT molecular complexity index is 390. The minimum Gasteiger partial charge on any atom is -0.504 e. The molecule has 0 spiro atoms. The highest BCUT2D eigenvalue weighted by Gasteiger charge is 2.28. The number of phenols is 2. The Morgan fingerprint density at radius 3 is 2.38 bits per heavy atom. The molecule has 0 amide bonds. The lowest BCUT2D eigenvalue weighted by molar-refractivity contribution is -0.142. The third-order valence-electron chi connectivity index (χ3n) is 2.10. The van der Waals surface area contributed by atoms with Gasteiger partial charge in [-0.25, -0.2) is 0 Å². The van der Waals surface area contributed by atoms with Gasteiger partial charge in [0.15, 0.2) is 11.5 Å². The SMILES string of the molecule is C[C@](N)(Cc1ccc(O)c(O)c1)C(=O)O.N. The molecular weight excluding hydrogens is 212 g/mol. The van der Waals surface area contributed by atoms with Crippen molar-refractivity contribution in [3.63, 3.8) is 0 Å². The van der Waals surface area contributed by atoms with Gasteiger partial charge in [0.2, 0.25) is 0 Å². The Labute approximate surface area is 92.9 Å². The minimum absolute atomic E-state index is 0. The maximum absolute atomic E-state index is 10.7. The van der Waals surface area contributed by atoms with Crippen LogP contribution in [0.3, 0.4) is 0 Å². The summed E-state index contributed by atoms with van der Waals surface area (Å²) in [6.07, 6.45) is 0.0795. The molecule has 0 aliphatic rings. The summed E-state index contributed by atoms with van der Waals surface area (Å²) in [6, 6.07) is 4.11. The van der Waals surface area contributed by atoms with Crippen molar-refractivity contribution >= 4 is 5.97 Å². The maximum Gasteiger partial charge on any atom is 0.323 e. The number of aromatic hydroxyl groups is 2. The second kappa shape index (κ2) is 4.82. The molecule has 0 bridgehead atoms. The number of aliphatic carboxylic acids is 1. The van der Waals surface area contributed by atoms with Crippen LogP contribution in [0.25, 0.3) is 0 Å². The van der Waals surface area contributed by atoms with E-state index in [1.807, 2.05) is 0 Å². The fraction of sp³-hybridized carbons (Fsp3) is 0.300. The molecule has 90 valence electrons. The number of hydrogen-bond donors (Lipinski definition) is 5. The number of benzene rings is 1. The van der Waals surface area contributed by atoms with Crippen LogP contribution in [0.15, 0.2) is 18.2 Å². The van der Waals surface area contributed by atoms with E-state index in [-0.39, 0.29) is 24.1 Å². The van der Waals surface area contributed by atoms with E-state index in [2.05, 4.69) is 0 Å². The predicted molar refractivity (Wildman–Crippen MR) is 58.7 cm³/mol. The first-order valence-corrected chi connectivity index (χ1v) is 4.36. The zero-order chi connectivity index (χ0) is 11.6. The average Bonchev–Trinajstić information content (AvgIpc) is 2.10. The van der Waals surface area contributed by atoms with Gasteiger partial charge in [0.1, 0.15) is 5.54 Å². The van der Waals surface area contributed by atoms with E-state index >= 15 is 0 Å². The first kappa shape index (κ1) is 14.2. The summed E-state index contributed by atoms with van der Waals surface area (Å²) in [5.74, 6) is -1.64. The predicted octanol–water partition coefficient (Wildman–Crippen LogP) is 0.604. The van der Waals surface area contributed by atoms with Gasteiger partial charge in [0.05, 0.1) is 0 Å². The Hall–Kier alpha value is -1.79. The standard InChI is InChI=1S/C10H13NO4.H3N/c1-10(11,9(14)15)5-6-2-3-7(12)8(13)4-6;/h2-4,12-13H,5,11H2,1H3,(H,14,15);1H3/t10-;/m0./s1. The molecule has 1 aromatic rings. The molecular formula is C10H16N2O4. The van der Waals surface area contributed by atoms with E-state index in [0.717, 1.165) is 0 Å². The zero-order valence-electron chi connectivity index (χ0n) is 8.97. The molecule has 1 atom stereocenters. The van der Waals surface area contributed by atoms with Gasteiger partial charge in [-0.15, -0.1) is 0 Å². The van der Waals surface area contributed by atoms with Crippen LogP contribution >= 0.6 is 0 Å². The number of hydrogen-bond acceptors (Lipinski definition) is 5. The molecule has 0 fully saturated rings. The van der Waals surface area contributed by atoms with Crippen molar-refractivity contribution in [3.8, 4) is 11.5 Å². The lowest BCUT2D eigenvalue weighted by Gasteiger charge is -2.19. The fourth-order valence-corrected chi connectivity index (χ4v) is 1.18. The van der Waals surface area contributed by atoms with E-state index in [1.165, 1.54) is 25.1 Å². The van der Waals surface area contributed by atoms with Crippen LogP contribution in [0.1, 0.15) is 12.5 Å². The third kappa shape index (κ3) is 3.11. The maximum atomic E-state index is 10.7. The van der Waals surface area contributed by atoms with Gasteiger partial charge in [-0.05, 0) is 24.6 Å². The molecule has 1 aromatic carbocycles. The number of carboxylic acids is 1. The smallest absolute Gasteiger partial charge is 0.323 e. The molecule has 0 unspecified atom stereocenters. The van der Waals surface area contributed by atoms with E-state index in [0.29, 0.717) is 5.56 Å². The summed E-state index contributed by atoms with van der Waals surface area (Å²) in [5.41, 5.74) is 4.70. The summed E-state index contributed by atoms with van der Waals surface area (Å²) in [4.78, 5) is 10.7. The van der Waals surface area contributed by atoms with Crippen LogP contribution in [-0.4, -0.2) is 26.8 Å². The second-order valence-corrected chi connectivity index (χ2v) is 3.72. The van der Waals surface area contributed by atoms with Crippen molar-refractivity contribution in [2.75, 3.05) is 0 Å². The Balaban J connectivity index is 0.00000225. The van der Waals surface area contributed by atoms with Crippen molar-refractivity contribution < 1.29 is 20.1 Å². The van der Waals surface area contributed by atoms with Crippen LogP contribution in [0.4, 0.5) is 0 Å². The summed E-state index contributed by atoms with van der Waals surface area (Å²) < 4.78 is 0. The van der Waals surface area contributed by atoms with Gasteiger partial charge in [-0.1, -0.05) is 6.07 Å². The number of nitrogens with two attached hydrogens (primary N) is 1. The van der Waals surface area contributed by atoms with Crippen LogP contribution in [0, 0.1) is 0 Å². The van der Waals surface area contributed by atoms with Gasteiger partial charge in [0, 0.05) is 6.42 Å². The molecule has 6 heteroatoms. The number of phenolic OH excluding ortho intramolecular Hbond substituents is 2. The van der Waals surface area contributed by atoms with Gasteiger partial charge >= 0.3 is 5.97 Å². The van der Waals surface area contributed by atoms with Crippen molar-refractivity contribution in [1.29, 1.82) is 0 Å². The normalized spacial score (nSPS) is 13.6. The largest absolute Gasteiger partial charge is 0.504 e. The summed E-state index contributed by atoms with van der Waals surface area (Å²) >= 11 is 0. The molecule has 0 aliphatic carbocycles. The Morgan fingerprint density at radius 1 is 1.38 bits per heavy atom. The quantitative estimate of drug-likeness (QED) is 0.480. The number of rotatable bonds is 3. The van der Waals surface area contributed by atoms with Crippen molar-refractivity contribution in [2.24, 2.45) is 5.73 Å². The lowest BCUT2D eigenvalue weighted by atomic mass is 9.94. The van der Waals surface area contributed by atoms with Crippen molar-refractivity contribution in [2.45, 2.75) is 18.9 Å². The molecule has 1 rings (SSSR count). The summed E-state index contributed by atoms with van der Waals surface area (Å²) in [6.45, 7) is 1.39. The molecule has 0 saturated heterocycles. The topological polar surface area (TPSA) is 139 Å². The first-order valence-electron chi connectivity index (χ1n) is 4.36. The molecule has 0 radical (unpaired) electrons. The van der Waals surface area contributed by atoms with E-state index in [1.54, 1.807) is 0 Å². The number of carboxylic acid groups (broad SMARTS) is 1. The molecule has 0 aliphatic heterocycles. The highest BCUT2D eigenvalue weighted by Crippen LogP contribution is 2.26. The lowest BCUT2D eigenvalue weighted by Crippen LogP contribution is -2.46. The van der Waals surface area contributed by atoms with Crippen LogP contribution in [-0.2, 0) is 11.2 Å². The molecule has 0 heterocycles. The van der Waals surface area contributed by atoms with E-state index < -0.39 is 11.5 Å². The first-order chi connectivity index (χ1) is 6.83. The van der Waals surface area contributed by atoms with Crippen molar-refractivity contribution in [1.82, 2.24) is 6.15 Å². The molecule has 0 saturated carbocycles. The molecule has 8 N–H and O–H groups in total. The minimum atomic E-state index is -1.39. The second-order valence-electron chi connectivity index (χ2n) is 3.72. The number of carbonyl (C=O) groups is 1. The van der Waals surface area contributed by atoms with Crippen molar-refractivity contribution in [3.05, 3.63) is 23.8 Å². The third-order valence-corrected chi connectivity index (χ3v) is 2.10. The molecule has 6 nitrogen and oxygen atoms in total. The Morgan fingerprint density at radius 2 is 1.94 bits per heavy atom. The van der Waals surface area contributed by atoms with Gasteiger partial charge < -0.3 is 27.2 Å². The molecule has 16 heavy (non-hydrogen) atoms. The monoisotopic (exact) mass is 228 g/mol. The Kier molecular flexibility index (Phi) is 4.28. The van der Waals surface area contributed by atoms with Crippen LogP contribution in [0.2, 0.25) is 0 Å². The van der Waals surface area contributed by atoms with Gasteiger partial charge in [0.25, 0.3) is 0 Å². The molecule has 0 aromatic heterocycles.